The van der Waals surface area contributed by atoms with Crippen LogP contribution in [-0.2, 0) is 9.53 Å². The number of nitrogens with zero attached hydrogens (tertiary/aromatic N) is 3. The molecule has 0 spiro atoms. The summed E-state index contributed by atoms with van der Waals surface area (Å²) in [5, 5.41) is 13.1. The number of anilines is 2. The summed E-state index contributed by atoms with van der Waals surface area (Å²) < 4.78 is 6.85. The molecule has 0 unspecified atom stereocenters. The van der Waals surface area contributed by atoms with Crippen molar-refractivity contribution in [2.75, 3.05) is 23.7 Å². The molecule has 0 atom stereocenters. The Balaban J connectivity index is 1.49. The normalized spacial score (nSPS) is 14.0. The zero-order valence-electron chi connectivity index (χ0n) is 15.9. The van der Waals surface area contributed by atoms with Gasteiger partial charge in [0.05, 0.1) is 0 Å². The molecule has 2 aromatic rings. The lowest BCUT2D eigenvalue weighted by molar-refractivity contribution is -0.117. The lowest BCUT2D eigenvalue weighted by Crippen LogP contribution is -2.33. The van der Waals surface area contributed by atoms with Crippen LogP contribution in [-0.4, -0.2) is 45.3 Å². The number of fused-ring (bicyclic) bond motifs is 1. The Hall–Kier alpha value is -2.84. The van der Waals surface area contributed by atoms with Gasteiger partial charge in [0.2, 0.25) is 11.9 Å². The van der Waals surface area contributed by atoms with E-state index in [1.807, 2.05) is 39.0 Å². The molecule has 9 heteroatoms. The molecule has 0 bridgehead atoms. The molecule has 146 valence electrons. The van der Waals surface area contributed by atoms with Crippen LogP contribution in [0.4, 0.5) is 16.6 Å². The number of rotatable bonds is 7. The van der Waals surface area contributed by atoms with Crippen molar-refractivity contribution >= 4 is 29.4 Å². The highest BCUT2D eigenvalue weighted by Crippen LogP contribution is 2.29. The van der Waals surface area contributed by atoms with Crippen LogP contribution in [0.3, 0.4) is 0 Å². The Kier molecular flexibility index (Phi) is 5.48. The van der Waals surface area contributed by atoms with E-state index in [0.29, 0.717) is 24.7 Å². The van der Waals surface area contributed by atoms with Crippen LogP contribution in [0, 0.1) is 5.92 Å². The third kappa shape index (κ3) is 5.57. The highest BCUT2D eigenvalue weighted by Gasteiger charge is 2.30. The summed E-state index contributed by atoms with van der Waals surface area (Å²) in [6.07, 6.45) is 2.17. The average molecular weight is 374 g/mol. The van der Waals surface area contributed by atoms with Crippen molar-refractivity contribution in [1.29, 1.82) is 0 Å². The molecule has 2 amide bonds. The van der Waals surface area contributed by atoms with Crippen LogP contribution in [0.15, 0.2) is 18.2 Å². The second kappa shape index (κ2) is 7.81. The first-order valence-corrected chi connectivity index (χ1v) is 9.19. The van der Waals surface area contributed by atoms with Crippen LogP contribution in [0.25, 0.3) is 5.65 Å². The number of amides is 2. The minimum Gasteiger partial charge on any atom is -0.444 e. The molecule has 3 N–H and O–H groups in total. The topological polar surface area (TPSA) is 110 Å². The maximum Gasteiger partial charge on any atom is 0.407 e. The van der Waals surface area contributed by atoms with Crippen molar-refractivity contribution < 1.29 is 14.3 Å². The van der Waals surface area contributed by atoms with Gasteiger partial charge in [-0.3, -0.25) is 10.1 Å². The zero-order chi connectivity index (χ0) is 19.4. The lowest BCUT2D eigenvalue weighted by atomic mass is 10.2. The number of aromatic nitrogens is 3. The van der Waals surface area contributed by atoms with Crippen LogP contribution in [0.5, 0.6) is 0 Å². The van der Waals surface area contributed by atoms with Gasteiger partial charge in [-0.05, 0) is 52.2 Å². The molecule has 1 aliphatic carbocycles. The highest BCUT2D eigenvalue weighted by molar-refractivity contribution is 5.92. The Labute approximate surface area is 157 Å². The van der Waals surface area contributed by atoms with E-state index < -0.39 is 11.7 Å². The molecular formula is C18H26N6O3. The van der Waals surface area contributed by atoms with Gasteiger partial charge in [0, 0.05) is 19.0 Å². The van der Waals surface area contributed by atoms with Gasteiger partial charge in [0.1, 0.15) is 11.4 Å². The molecule has 2 heterocycles. The summed E-state index contributed by atoms with van der Waals surface area (Å²) in [6.45, 7) is 6.62. The molecular weight excluding hydrogens is 348 g/mol. The molecule has 3 rings (SSSR count). The van der Waals surface area contributed by atoms with Gasteiger partial charge in [-0.1, -0.05) is 6.07 Å². The van der Waals surface area contributed by atoms with E-state index in [-0.39, 0.29) is 11.8 Å². The number of nitrogens with one attached hydrogen (secondary N) is 3. The van der Waals surface area contributed by atoms with Crippen LogP contribution in [0.1, 0.15) is 40.0 Å². The van der Waals surface area contributed by atoms with Gasteiger partial charge >= 0.3 is 6.09 Å². The number of alkyl carbamates (subject to hydrolysis) is 1. The van der Waals surface area contributed by atoms with Gasteiger partial charge in [0.25, 0.3) is 0 Å². The fourth-order valence-electron chi connectivity index (χ4n) is 2.46. The minimum absolute atomic E-state index is 0.0198. The van der Waals surface area contributed by atoms with Gasteiger partial charge in [-0.2, -0.15) is 9.50 Å². The summed E-state index contributed by atoms with van der Waals surface area (Å²) in [4.78, 5) is 27.8. The van der Waals surface area contributed by atoms with E-state index in [4.69, 9.17) is 4.74 Å². The fraction of sp³-hybridized carbons (Fsp3) is 0.556. The first kappa shape index (κ1) is 18.9. The first-order chi connectivity index (χ1) is 12.8. The fourth-order valence-corrected chi connectivity index (χ4v) is 2.46. The van der Waals surface area contributed by atoms with Crippen molar-refractivity contribution in [1.82, 2.24) is 19.9 Å². The Morgan fingerprint density at radius 2 is 2.04 bits per heavy atom. The molecule has 9 nitrogen and oxygen atoms in total. The quantitative estimate of drug-likeness (QED) is 0.642. The lowest BCUT2D eigenvalue weighted by Gasteiger charge is -2.19. The Morgan fingerprint density at radius 3 is 2.74 bits per heavy atom. The third-order valence-corrected chi connectivity index (χ3v) is 3.87. The molecule has 0 aromatic carbocycles. The van der Waals surface area contributed by atoms with E-state index in [1.54, 1.807) is 4.52 Å². The number of ether oxygens (including phenoxy) is 1. The number of pyridine rings is 1. The summed E-state index contributed by atoms with van der Waals surface area (Å²) in [5.41, 5.74) is 0.149. The van der Waals surface area contributed by atoms with Crippen molar-refractivity contribution in [2.45, 2.75) is 45.6 Å². The molecule has 27 heavy (non-hydrogen) atoms. The molecule has 1 saturated carbocycles. The standard InChI is InChI=1S/C18H26N6O3/c1-18(2,3)27-17(26)20-11-5-10-19-13-6-4-7-14-21-16(23-24(13)14)22-15(25)12-8-9-12/h4,6-7,12,19H,5,8-11H2,1-3H3,(H,20,26)(H,22,23,25). The first-order valence-electron chi connectivity index (χ1n) is 9.19. The summed E-state index contributed by atoms with van der Waals surface area (Å²) in [6, 6.07) is 5.59. The van der Waals surface area contributed by atoms with Crippen molar-refractivity contribution in [3.05, 3.63) is 18.2 Å². The molecule has 2 aromatic heterocycles. The Bertz CT molecular complexity index is 822. The maximum atomic E-state index is 11.9. The van der Waals surface area contributed by atoms with Crippen LogP contribution in [0.2, 0.25) is 0 Å². The third-order valence-electron chi connectivity index (χ3n) is 3.87. The van der Waals surface area contributed by atoms with E-state index in [9.17, 15) is 9.59 Å². The average Bonchev–Trinajstić information content (AvgIpc) is 3.34. The molecule has 0 aliphatic heterocycles. The van der Waals surface area contributed by atoms with Crippen LogP contribution >= 0.6 is 0 Å². The Morgan fingerprint density at radius 1 is 1.26 bits per heavy atom. The van der Waals surface area contributed by atoms with E-state index in [2.05, 4.69) is 26.0 Å². The predicted molar refractivity (Wildman–Crippen MR) is 102 cm³/mol. The van der Waals surface area contributed by atoms with E-state index >= 15 is 0 Å². The van der Waals surface area contributed by atoms with Gasteiger partial charge in [-0.15, -0.1) is 5.10 Å². The van der Waals surface area contributed by atoms with Crippen molar-refractivity contribution in [3.8, 4) is 0 Å². The largest absolute Gasteiger partial charge is 0.444 e. The number of carbonyl (C=O) groups is 2. The number of hydrogen-bond donors (Lipinski definition) is 3. The molecule has 1 aliphatic rings. The second-order valence-corrected chi connectivity index (χ2v) is 7.59. The molecule has 0 saturated heterocycles. The minimum atomic E-state index is -0.502. The second-order valence-electron chi connectivity index (χ2n) is 7.59. The van der Waals surface area contributed by atoms with Crippen molar-refractivity contribution in [2.24, 2.45) is 5.92 Å². The summed E-state index contributed by atoms with van der Waals surface area (Å²) in [5.74, 6) is 1.16. The van der Waals surface area contributed by atoms with Crippen LogP contribution < -0.4 is 16.0 Å². The van der Waals surface area contributed by atoms with Gasteiger partial charge in [0.15, 0.2) is 5.65 Å². The maximum absolute atomic E-state index is 11.9. The smallest absolute Gasteiger partial charge is 0.407 e. The van der Waals surface area contributed by atoms with E-state index in [0.717, 1.165) is 25.1 Å². The monoisotopic (exact) mass is 374 g/mol. The summed E-state index contributed by atoms with van der Waals surface area (Å²) in [7, 11) is 0. The predicted octanol–water partition coefficient (Wildman–Crippen LogP) is 2.40. The van der Waals surface area contributed by atoms with Gasteiger partial charge < -0.3 is 15.4 Å². The van der Waals surface area contributed by atoms with E-state index in [1.165, 1.54) is 0 Å². The molecule has 1 fully saturated rings. The number of hydrogen-bond acceptors (Lipinski definition) is 6. The highest BCUT2D eigenvalue weighted by atomic mass is 16.6. The molecule has 0 radical (unpaired) electrons. The SMILES string of the molecule is CC(C)(C)OC(=O)NCCCNc1cccc2nc(NC(=O)C3CC3)nn12. The number of carbonyl (C=O) groups excluding carboxylic acids is 2. The van der Waals surface area contributed by atoms with Crippen molar-refractivity contribution in [3.63, 3.8) is 0 Å². The summed E-state index contributed by atoms with van der Waals surface area (Å²) >= 11 is 0. The van der Waals surface area contributed by atoms with Gasteiger partial charge in [-0.25, -0.2) is 4.79 Å². The zero-order valence-corrected chi connectivity index (χ0v) is 15.9.